The minimum absolute atomic E-state index is 0.241. The van der Waals surface area contributed by atoms with E-state index in [1.54, 1.807) is 25.4 Å². The zero-order valence-corrected chi connectivity index (χ0v) is 26.0. The van der Waals surface area contributed by atoms with E-state index in [-0.39, 0.29) is 17.3 Å². The Kier molecular flexibility index (Phi) is 12.3. The number of ether oxygens (including phenoxy) is 4. The molecule has 1 fully saturated rings. The number of aromatic nitrogens is 1. The Bertz CT molecular complexity index is 1150. The average Bonchev–Trinajstić information content (AvgIpc) is 3.49. The van der Waals surface area contributed by atoms with Gasteiger partial charge < -0.3 is 28.3 Å². The first-order valence-electron chi connectivity index (χ1n) is 14.3. The van der Waals surface area contributed by atoms with E-state index in [4.69, 9.17) is 28.3 Å². The lowest BCUT2D eigenvalue weighted by atomic mass is 9.79. The number of fused-ring (bicyclic) bond motifs is 1. The lowest BCUT2D eigenvalue weighted by Gasteiger charge is -2.32. The number of hydrogen-bond acceptors (Lipinski definition) is 7. The van der Waals surface area contributed by atoms with Gasteiger partial charge in [-0.1, -0.05) is 65.8 Å². The van der Waals surface area contributed by atoms with Crippen molar-refractivity contribution in [1.82, 2.24) is 4.98 Å². The minimum atomic E-state index is -0.401. The van der Waals surface area contributed by atoms with Crippen LogP contribution in [0.25, 0.3) is 0 Å². The molecule has 2 aliphatic rings. The topological polar surface area (TPSA) is 68.3 Å². The van der Waals surface area contributed by atoms with Gasteiger partial charge in [0.2, 0.25) is 5.88 Å². The summed E-state index contributed by atoms with van der Waals surface area (Å²) in [5.41, 5.74) is 1.14. The molecule has 3 heterocycles. The van der Waals surface area contributed by atoms with E-state index in [9.17, 15) is 0 Å². The molecular weight excluding hydrogens is 505 g/mol. The van der Waals surface area contributed by atoms with Crippen LogP contribution >= 0.6 is 0 Å². The van der Waals surface area contributed by atoms with Crippen molar-refractivity contribution in [1.29, 1.82) is 0 Å². The van der Waals surface area contributed by atoms with Crippen LogP contribution in [0.4, 0.5) is 0 Å². The Morgan fingerprint density at radius 1 is 0.800 bits per heavy atom. The summed E-state index contributed by atoms with van der Waals surface area (Å²) >= 11 is 0. The summed E-state index contributed by atoms with van der Waals surface area (Å²) in [7, 11) is 1.17. The van der Waals surface area contributed by atoms with Gasteiger partial charge in [-0.3, -0.25) is 0 Å². The second kappa shape index (κ2) is 15.0. The first-order chi connectivity index (χ1) is 19.3. The molecule has 3 aromatic rings. The van der Waals surface area contributed by atoms with Crippen LogP contribution in [0.5, 0.6) is 28.9 Å². The van der Waals surface area contributed by atoms with E-state index in [1.165, 1.54) is 0 Å². The van der Waals surface area contributed by atoms with Crippen molar-refractivity contribution >= 4 is 12.6 Å². The van der Waals surface area contributed by atoms with Crippen LogP contribution in [0, 0.1) is 0 Å². The van der Waals surface area contributed by atoms with Crippen molar-refractivity contribution in [3.8, 4) is 28.9 Å². The average molecular weight is 552 g/mol. The molecule has 8 heteroatoms. The van der Waals surface area contributed by atoms with E-state index in [2.05, 4.69) is 4.98 Å². The molecule has 1 aromatic heterocycles. The fourth-order valence-corrected chi connectivity index (χ4v) is 3.89. The third kappa shape index (κ3) is 7.49. The zero-order valence-electron chi connectivity index (χ0n) is 26.0. The van der Waals surface area contributed by atoms with E-state index in [0.29, 0.717) is 29.7 Å². The van der Waals surface area contributed by atoms with Crippen LogP contribution in [0.2, 0.25) is 0 Å². The summed E-state index contributed by atoms with van der Waals surface area (Å²) in [4.78, 5) is 4.18. The van der Waals surface area contributed by atoms with E-state index in [1.807, 2.05) is 112 Å². The van der Waals surface area contributed by atoms with Crippen LogP contribution in [0.15, 0.2) is 60.8 Å². The summed E-state index contributed by atoms with van der Waals surface area (Å²) in [6.07, 6.45) is 1.37. The van der Waals surface area contributed by atoms with E-state index in [0.717, 1.165) is 16.8 Å². The predicted molar refractivity (Wildman–Crippen MR) is 162 cm³/mol. The summed E-state index contributed by atoms with van der Waals surface area (Å²) in [6.45, 7) is 20.6. The number of nitrogens with zero attached hydrogens (tertiary/aromatic N) is 1. The highest BCUT2D eigenvalue weighted by Gasteiger charge is 2.51. The van der Waals surface area contributed by atoms with Crippen LogP contribution in [-0.4, -0.2) is 37.0 Å². The normalized spacial score (nSPS) is 17.4. The minimum Gasteiger partial charge on any atom is -0.485 e. The molecule has 5 rings (SSSR count). The van der Waals surface area contributed by atoms with E-state index >= 15 is 0 Å². The second-order valence-corrected chi connectivity index (χ2v) is 9.39. The largest absolute Gasteiger partial charge is 0.494 e. The lowest BCUT2D eigenvalue weighted by molar-refractivity contribution is 0.00578. The molecule has 0 aliphatic carbocycles. The third-order valence-corrected chi connectivity index (χ3v) is 6.57. The molecule has 0 spiro atoms. The van der Waals surface area contributed by atoms with Crippen molar-refractivity contribution in [2.45, 2.75) is 86.5 Å². The predicted octanol–water partition coefficient (Wildman–Crippen LogP) is 7.77. The number of methoxy groups -OCH3 is 1. The molecule has 0 saturated carbocycles. The Balaban J connectivity index is 0.000000876. The van der Waals surface area contributed by atoms with Gasteiger partial charge in [-0.2, -0.15) is 0 Å². The maximum absolute atomic E-state index is 6.25. The van der Waals surface area contributed by atoms with Gasteiger partial charge in [0, 0.05) is 11.6 Å². The Morgan fingerprint density at radius 3 is 1.95 bits per heavy atom. The highest BCUT2D eigenvalue weighted by Crippen LogP contribution is 2.43. The molecule has 0 amide bonds. The smallest absolute Gasteiger partial charge is 0.485 e. The van der Waals surface area contributed by atoms with Gasteiger partial charge in [0.25, 0.3) is 0 Å². The van der Waals surface area contributed by atoms with E-state index < -0.39 is 7.12 Å². The Labute approximate surface area is 241 Å². The van der Waals surface area contributed by atoms with Gasteiger partial charge in [0.1, 0.15) is 18.1 Å². The maximum Gasteiger partial charge on any atom is 0.494 e. The zero-order chi connectivity index (χ0) is 29.9. The number of rotatable bonds is 6. The fourth-order valence-electron chi connectivity index (χ4n) is 3.89. The molecular formula is C32H46BNO6. The fraction of sp³-hybridized carbons (Fsp3) is 0.469. The standard InChI is InChI=1S/C26H28BNO6.3C2H6/c1-25(2)26(3,4)34-27(33-25)17-9-11-18(12-10-17)31-22-16-30-24-20(22)7-6-8-21(24)32-19-13-14-23(29-5)28-15-19;3*1-2/h6-15,22H,16H2,1-5H3;3*1-2H3. The van der Waals surface area contributed by atoms with Gasteiger partial charge in [-0.15, -0.1) is 0 Å². The molecule has 0 radical (unpaired) electrons. The monoisotopic (exact) mass is 551 g/mol. The quantitative estimate of drug-likeness (QED) is 0.290. The van der Waals surface area contributed by atoms with Gasteiger partial charge in [0.05, 0.1) is 24.5 Å². The van der Waals surface area contributed by atoms with Crippen molar-refractivity contribution in [2.75, 3.05) is 13.7 Å². The third-order valence-electron chi connectivity index (χ3n) is 6.57. The molecule has 0 N–H and O–H groups in total. The van der Waals surface area contributed by atoms with Crippen molar-refractivity contribution in [3.05, 3.63) is 66.4 Å². The Hall–Kier alpha value is -3.23. The highest BCUT2D eigenvalue weighted by atomic mass is 16.7. The van der Waals surface area contributed by atoms with Crippen molar-refractivity contribution in [2.24, 2.45) is 0 Å². The SMILES string of the molecule is CC.CC.CC.COc1ccc(Oc2cccc3c2OCC3Oc2ccc(B3OC(C)(C)C(C)(C)O3)cc2)cn1. The van der Waals surface area contributed by atoms with Gasteiger partial charge in [0.15, 0.2) is 17.6 Å². The van der Waals surface area contributed by atoms with Crippen molar-refractivity contribution < 1.29 is 28.3 Å². The van der Waals surface area contributed by atoms with Gasteiger partial charge in [-0.25, -0.2) is 4.98 Å². The highest BCUT2D eigenvalue weighted by molar-refractivity contribution is 6.62. The molecule has 0 bridgehead atoms. The first-order valence-corrected chi connectivity index (χ1v) is 14.3. The molecule has 40 heavy (non-hydrogen) atoms. The maximum atomic E-state index is 6.25. The molecule has 1 atom stereocenters. The number of benzene rings is 2. The van der Waals surface area contributed by atoms with Gasteiger partial charge >= 0.3 is 7.12 Å². The summed E-state index contributed by atoms with van der Waals surface area (Å²) < 4.78 is 35.6. The number of para-hydroxylation sites is 1. The molecule has 7 nitrogen and oxygen atoms in total. The Morgan fingerprint density at radius 2 is 1.40 bits per heavy atom. The summed E-state index contributed by atoms with van der Waals surface area (Å²) in [5, 5.41) is 0. The van der Waals surface area contributed by atoms with Crippen LogP contribution in [0.1, 0.15) is 80.9 Å². The number of hydrogen-bond donors (Lipinski definition) is 0. The summed E-state index contributed by atoms with van der Waals surface area (Å²) in [6, 6.07) is 17.2. The molecule has 2 aromatic carbocycles. The second-order valence-electron chi connectivity index (χ2n) is 9.39. The van der Waals surface area contributed by atoms with Crippen molar-refractivity contribution in [3.63, 3.8) is 0 Å². The lowest BCUT2D eigenvalue weighted by Crippen LogP contribution is -2.41. The molecule has 2 aliphatic heterocycles. The van der Waals surface area contributed by atoms with Crippen LogP contribution in [-0.2, 0) is 9.31 Å². The molecule has 1 saturated heterocycles. The van der Waals surface area contributed by atoms with Crippen LogP contribution in [0.3, 0.4) is 0 Å². The van der Waals surface area contributed by atoms with Crippen LogP contribution < -0.4 is 24.4 Å². The molecule has 218 valence electrons. The summed E-state index contributed by atoms with van der Waals surface area (Å²) in [5.74, 6) is 3.16. The van der Waals surface area contributed by atoms with Gasteiger partial charge in [-0.05, 0) is 57.4 Å². The molecule has 1 unspecified atom stereocenters. The first kappa shape index (κ1) is 33.0. The number of pyridine rings is 1.